The van der Waals surface area contributed by atoms with E-state index in [0.29, 0.717) is 29.8 Å². The smallest absolute Gasteiger partial charge is 0.236 e. The lowest BCUT2D eigenvalue weighted by molar-refractivity contribution is -0.285. The highest BCUT2D eigenvalue weighted by Crippen LogP contribution is 2.59. The lowest BCUT2D eigenvalue weighted by Crippen LogP contribution is -2.56. The summed E-state index contributed by atoms with van der Waals surface area (Å²) in [4.78, 5) is 13.7. The Balaban J connectivity index is 1.15. The van der Waals surface area contributed by atoms with Crippen LogP contribution in [0.3, 0.4) is 0 Å². The summed E-state index contributed by atoms with van der Waals surface area (Å²) >= 11 is 0. The summed E-state index contributed by atoms with van der Waals surface area (Å²) in [7, 11) is 0. The van der Waals surface area contributed by atoms with Crippen LogP contribution in [0.1, 0.15) is 77.6 Å². The molecule has 2 aliphatic heterocycles. The van der Waals surface area contributed by atoms with Crippen molar-refractivity contribution in [1.82, 2.24) is 4.90 Å². The molecule has 0 bridgehead atoms. The molecule has 0 spiro atoms. The first kappa shape index (κ1) is 24.7. The molecule has 0 aromatic rings. The molecule has 192 valence electrons. The van der Waals surface area contributed by atoms with Crippen molar-refractivity contribution in [2.75, 3.05) is 32.8 Å². The highest BCUT2D eigenvalue weighted by molar-refractivity contribution is 5.78. The van der Waals surface area contributed by atoms with Crippen LogP contribution < -0.4 is 5.73 Å². The molecule has 5 fully saturated rings. The van der Waals surface area contributed by atoms with Gasteiger partial charge in [-0.05, 0) is 75.0 Å². The monoisotopic (exact) mass is 474 g/mol. The number of hydrogen-bond acceptors (Lipinski definition) is 5. The molecular weight excluding hydrogens is 428 g/mol. The molecule has 2 saturated heterocycles. The number of allylic oxidation sites excluding steroid dienone is 1. The quantitative estimate of drug-likeness (QED) is 0.582. The maximum absolute atomic E-state index is 11.8. The molecule has 2 N–H and O–H groups in total. The van der Waals surface area contributed by atoms with Crippen molar-refractivity contribution in [2.45, 2.75) is 96.1 Å². The summed E-state index contributed by atoms with van der Waals surface area (Å²) < 4.78 is 19.3. The maximum atomic E-state index is 11.8. The summed E-state index contributed by atoms with van der Waals surface area (Å²) in [5, 5.41) is 0. The van der Waals surface area contributed by atoms with Gasteiger partial charge in [-0.15, -0.1) is 0 Å². The van der Waals surface area contributed by atoms with E-state index in [1.54, 1.807) is 0 Å². The van der Waals surface area contributed by atoms with Crippen LogP contribution in [-0.4, -0.2) is 62.2 Å². The van der Waals surface area contributed by atoms with E-state index in [1.807, 2.05) is 4.90 Å². The topological polar surface area (TPSA) is 74.0 Å². The Kier molecular flexibility index (Phi) is 7.69. The lowest BCUT2D eigenvalue weighted by atomic mass is 9.50. The van der Waals surface area contributed by atoms with Gasteiger partial charge in [0.25, 0.3) is 0 Å². The fraction of sp³-hybridized carbons (Fsp3) is 0.893. The van der Waals surface area contributed by atoms with Crippen molar-refractivity contribution in [2.24, 2.45) is 34.8 Å². The first-order chi connectivity index (χ1) is 16.5. The highest BCUT2D eigenvalue weighted by Gasteiger charge is 2.54. The van der Waals surface area contributed by atoms with E-state index in [9.17, 15) is 4.79 Å². The van der Waals surface area contributed by atoms with Crippen molar-refractivity contribution in [3.05, 3.63) is 12.2 Å². The summed E-state index contributed by atoms with van der Waals surface area (Å²) in [5.74, 6) is 2.36. The van der Waals surface area contributed by atoms with Gasteiger partial charge < -0.3 is 24.8 Å². The molecule has 5 unspecified atom stereocenters. The van der Waals surface area contributed by atoms with Gasteiger partial charge in [0, 0.05) is 31.5 Å². The van der Waals surface area contributed by atoms with Crippen LogP contribution >= 0.6 is 0 Å². The standard InChI is InChI=1S/C28H46N2O4/c1-19-7-8-24-22-18-33-27(20-5-3-4-6-20)34-25(22)9-13-28(24,2)23(19)12-16-32-21-10-14-30(15-11-21)26(31)17-29/h20-25,27H,1,3-18,29H2,2H3/t22?,23?,24?,25?,27-,28?/m1/s1. The molecule has 0 aromatic carbocycles. The third-order valence-corrected chi connectivity index (χ3v) is 10.2. The van der Waals surface area contributed by atoms with Crippen LogP contribution in [0.25, 0.3) is 0 Å². The van der Waals surface area contributed by atoms with Gasteiger partial charge in [0.2, 0.25) is 5.91 Å². The Morgan fingerprint density at radius 2 is 1.94 bits per heavy atom. The van der Waals surface area contributed by atoms with Gasteiger partial charge >= 0.3 is 0 Å². The van der Waals surface area contributed by atoms with Gasteiger partial charge in [0.1, 0.15) is 0 Å². The number of amides is 1. The van der Waals surface area contributed by atoms with E-state index in [2.05, 4.69) is 13.5 Å². The number of carbonyl (C=O) groups is 1. The van der Waals surface area contributed by atoms with Crippen LogP contribution in [0.5, 0.6) is 0 Å². The predicted octanol–water partition coefficient (Wildman–Crippen LogP) is 4.27. The normalized spacial score (nSPS) is 39.6. The van der Waals surface area contributed by atoms with Gasteiger partial charge in [-0.25, -0.2) is 0 Å². The van der Waals surface area contributed by atoms with Crippen LogP contribution in [-0.2, 0) is 19.0 Å². The average molecular weight is 475 g/mol. The average Bonchev–Trinajstić information content (AvgIpc) is 3.40. The number of fused-ring (bicyclic) bond motifs is 3. The lowest BCUT2D eigenvalue weighted by Gasteiger charge is -2.58. The minimum absolute atomic E-state index is 0.0439. The third-order valence-electron chi connectivity index (χ3n) is 10.2. The Labute approximate surface area is 205 Å². The van der Waals surface area contributed by atoms with E-state index >= 15 is 0 Å². The fourth-order valence-corrected chi connectivity index (χ4v) is 8.13. The molecule has 6 nitrogen and oxygen atoms in total. The van der Waals surface area contributed by atoms with Gasteiger partial charge in [-0.3, -0.25) is 4.79 Å². The van der Waals surface area contributed by atoms with Gasteiger partial charge in [-0.1, -0.05) is 31.9 Å². The molecule has 5 aliphatic rings. The zero-order chi connectivity index (χ0) is 23.7. The molecule has 6 atom stereocenters. The molecule has 0 aromatic heterocycles. The predicted molar refractivity (Wildman–Crippen MR) is 132 cm³/mol. The number of rotatable bonds is 6. The van der Waals surface area contributed by atoms with E-state index in [1.165, 1.54) is 44.1 Å². The molecule has 0 radical (unpaired) electrons. The van der Waals surface area contributed by atoms with Crippen molar-refractivity contribution in [3.8, 4) is 0 Å². The number of piperidine rings is 1. The molecular formula is C28H46N2O4. The van der Waals surface area contributed by atoms with Gasteiger partial charge in [-0.2, -0.15) is 0 Å². The molecule has 6 heteroatoms. The SMILES string of the molecule is C=C1CCC2C3CO[C@@H](C4CCCC4)OC3CCC2(C)C1CCOC1CCN(C(=O)CN)CC1. The van der Waals surface area contributed by atoms with Gasteiger partial charge in [0.05, 0.1) is 25.4 Å². The molecule has 34 heavy (non-hydrogen) atoms. The van der Waals surface area contributed by atoms with Crippen LogP contribution in [0.4, 0.5) is 0 Å². The minimum atomic E-state index is 0.0439. The fourth-order valence-electron chi connectivity index (χ4n) is 8.13. The second-order valence-electron chi connectivity index (χ2n) is 11.9. The maximum Gasteiger partial charge on any atom is 0.236 e. The molecule has 3 aliphatic carbocycles. The molecule has 2 heterocycles. The number of likely N-dealkylation sites (tertiary alicyclic amines) is 1. The minimum Gasteiger partial charge on any atom is -0.378 e. The van der Waals surface area contributed by atoms with Crippen molar-refractivity contribution < 1.29 is 19.0 Å². The van der Waals surface area contributed by atoms with E-state index in [0.717, 1.165) is 58.4 Å². The van der Waals surface area contributed by atoms with Crippen LogP contribution in [0.2, 0.25) is 0 Å². The number of nitrogens with zero attached hydrogens (tertiary/aromatic N) is 1. The molecule has 3 saturated carbocycles. The van der Waals surface area contributed by atoms with E-state index in [4.69, 9.17) is 19.9 Å². The third kappa shape index (κ3) is 4.85. The number of nitrogens with two attached hydrogens (primary N) is 1. The summed E-state index contributed by atoms with van der Waals surface area (Å²) in [6, 6.07) is 0. The largest absolute Gasteiger partial charge is 0.378 e. The van der Waals surface area contributed by atoms with Crippen molar-refractivity contribution in [1.29, 1.82) is 0 Å². The van der Waals surface area contributed by atoms with Crippen LogP contribution in [0.15, 0.2) is 12.2 Å². The van der Waals surface area contributed by atoms with Crippen LogP contribution in [0, 0.1) is 29.1 Å². The van der Waals surface area contributed by atoms with Crippen molar-refractivity contribution >= 4 is 5.91 Å². The summed E-state index contributed by atoms with van der Waals surface area (Å²) in [6.07, 6.45) is 13.5. The zero-order valence-electron chi connectivity index (χ0n) is 21.2. The summed E-state index contributed by atoms with van der Waals surface area (Å²) in [6.45, 7) is 10.3. The highest BCUT2D eigenvalue weighted by atomic mass is 16.7. The van der Waals surface area contributed by atoms with Gasteiger partial charge in [0.15, 0.2) is 6.29 Å². The Hall–Kier alpha value is -0.950. The number of ether oxygens (including phenoxy) is 3. The molecule has 1 amide bonds. The Morgan fingerprint density at radius 3 is 2.68 bits per heavy atom. The number of carbonyl (C=O) groups excluding carboxylic acids is 1. The second-order valence-corrected chi connectivity index (χ2v) is 11.9. The Bertz CT molecular complexity index is 730. The first-order valence-electron chi connectivity index (χ1n) is 14.0. The van der Waals surface area contributed by atoms with Crippen molar-refractivity contribution in [3.63, 3.8) is 0 Å². The van der Waals surface area contributed by atoms with E-state index < -0.39 is 0 Å². The zero-order valence-corrected chi connectivity index (χ0v) is 21.2. The second kappa shape index (κ2) is 10.6. The Morgan fingerprint density at radius 1 is 1.18 bits per heavy atom. The first-order valence-corrected chi connectivity index (χ1v) is 14.0. The number of hydrogen-bond donors (Lipinski definition) is 1. The summed E-state index contributed by atoms with van der Waals surface area (Å²) in [5.41, 5.74) is 7.20. The van der Waals surface area contributed by atoms with E-state index in [-0.39, 0.29) is 30.3 Å². The molecule has 5 rings (SSSR count).